The third-order valence-electron chi connectivity index (χ3n) is 2.34. The number of benzene rings is 1. The van der Waals surface area contributed by atoms with Crippen LogP contribution in [0.2, 0.25) is 0 Å². The van der Waals surface area contributed by atoms with Crippen LogP contribution < -0.4 is 11.1 Å². The van der Waals surface area contributed by atoms with E-state index in [2.05, 4.69) is 5.32 Å². The Morgan fingerprint density at radius 3 is 2.89 bits per heavy atom. The summed E-state index contributed by atoms with van der Waals surface area (Å²) >= 11 is 0. The van der Waals surface area contributed by atoms with Gasteiger partial charge < -0.3 is 15.8 Å². The zero-order chi connectivity index (χ0) is 14.3. The second-order valence-electron chi connectivity index (χ2n) is 3.88. The largest absolute Gasteiger partial charge is 0.399 e. The Labute approximate surface area is 113 Å². The first-order chi connectivity index (χ1) is 9.02. The summed E-state index contributed by atoms with van der Waals surface area (Å²) in [5.41, 5.74) is 5.90. The summed E-state index contributed by atoms with van der Waals surface area (Å²) in [7, 11) is 0.408. The van der Waals surface area contributed by atoms with Crippen LogP contribution in [0, 0.1) is 5.82 Å². The lowest BCUT2D eigenvalue weighted by Gasteiger charge is -2.07. The molecule has 7 heteroatoms. The molecule has 19 heavy (non-hydrogen) atoms. The quantitative estimate of drug-likeness (QED) is 0.737. The fourth-order valence-corrected chi connectivity index (χ4v) is 2.31. The van der Waals surface area contributed by atoms with E-state index >= 15 is 0 Å². The summed E-state index contributed by atoms with van der Waals surface area (Å²) in [6, 6.07) is 3.93. The molecule has 0 aliphatic carbocycles. The molecule has 0 aliphatic rings. The van der Waals surface area contributed by atoms with Gasteiger partial charge in [-0.1, -0.05) is 0 Å². The number of nitrogens with one attached hydrogen (secondary N) is 1. The summed E-state index contributed by atoms with van der Waals surface area (Å²) in [5, 5.41) is 2.40. The number of hydrogen-bond acceptors (Lipinski definition) is 4. The summed E-state index contributed by atoms with van der Waals surface area (Å²) in [4.78, 5) is 11.6. The van der Waals surface area contributed by atoms with E-state index in [4.69, 9.17) is 10.5 Å². The van der Waals surface area contributed by atoms with Gasteiger partial charge in [-0.15, -0.1) is 0 Å². The van der Waals surface area contributed by atoms with Crippen LogP contribution in [0.1, 0.15) is 6.42 Å². The normalized spacial score (nSPS) is 12.1. The number of carbonyl (C=O) groups is 1. The number of ether oxygens (including phenoxy) is 1. The number of amides is 1. The number of nitrogen functional groups attached to an aromatic ring is 1. The summed E-state index contributed by atoms with van der Waals surface area (Å²) in [6.45, 7) is 0.387. The monoisotopic (exact) mass is 288 g/mol. The minimum absolute atomic E-state index is 0.0349. The van der Waals surface area contributed by atoms with E-state index in [0.717, 1.165) is 0 Å². The zero-order valence-electron chi connectivity index (χ0n) is 10.6. The van der Waals surface area contributed by atoms with Crippen molar-refractivity contribution in [3.8, 4) is 0 Å². The molecule has 1 unspecified atom stereocenters. The molecular weight excluding hydrogens is 271 g/mol. The second-order valence-corrected chi connectivity index (χ2v) is 5.57. The Morgan fingerprint density at radius 1 is 1.47 bits per heavy atom. The average molecular weight is 288 g/mol. The predicted molar refractivity (Wildman–Crippen MR) is 73.8 cm³/mol. The van der Waals surface area contributed by atoms with Crippen molar-refractivity contribution in [3.63, 3.8) is 0 Å². The van der Waals surface area contributed by atoms with Crippen molar-refractivity contribution in [1.29, 1.82) is 0 Å². The van der Waals surface area contributed by atoms with Crippen LogP contribution in [-0.4, -0.2) is 35.3 Å². The van der Waals surface area contributed by atoms with Gasteiger partial charge in [0.2, 0.25) is 5.91 Å². The Kier molecular flexibility index (Phi) is 6.44. The number of carbonyl (C=O) groups excluding carboxylic acids is 1. The van der Waals surface area contributed by atoms with E-state index in [-0.39, 0.29) is 17.9 Å². The molecule has 1 aromatic carbocycles. The maximum Gasteiger partial charge on any atom is 0.225 e. The third kappa shape index (κ3) is 5.80. The van der Waals surface area contributed by atoms with E-state index in [1.165, 1.54) is 25.3 Å². The molecule has 1 atom stereocenters. The van der Waals surface area contributed by atoms with Gasteiger partial charge in [0.05, 0.1) is 12.3 Å². The highest BCUT2D eigenvalue weighted by Gasteiger charge is 2.09. The summed E-state index contributed by atoms with van der Waals surface area (Å²) < 4.78 is 29.6. The Balaban J connectivity index is 2.43. The van der Waals surface area contributed by atoms with Gasteiger partial charge in [-0.2, -0.15) is 0 Å². The number of methoxy groups -OCH3 is 1. The first kappa shape index (κ1) is 15.6. The fraction of sp³-hybridized carbons (Fsp3) is 0.417. The standard InChI is InChI=1S/C12H17FN2O3S/c1-18-5-7-19(17)6-4-12(16)15-11-8-9(14)2-3-10(11)13/h2-3,8H,4-7,14H2,1H3,(H,15,16). The van der Waals surface area contributed by atoms with Crippen molar-refractivity contribution >= 4 is 28.1 Å². The van der Waals surface area contributed by atoms with Crippen LogP contribution in [0.3, 0.4) is 0 Å². The molecule has 1 rings (SSSR count). The van der Waals surface area contributed by atoms with Gasteiger partial charge in [0.25, 0.3) is 0 Å². The average Bonchev–Trinajstić information content (AvgIpc) is 2.38. The highest BCUT2D eigenvalue weighted by Crippen LogP contribution is 2.17. The maximum absolute atomic E-state index is 13.3. The number of rotatable bonds is 7. The van der Waals surface area contributed by atoms with Crippen molar-refractivity contribution < 1.29 is 18.1 Å². The predicted octanol–water partition coefficient (Wildman–Crippen LogP) is 1.13. The van der Waals surface area contributed by atoms with Crippen molar-refractivity contribution in [2.45, 2.75) is 6.42 Å². The van der Waals surface area contributed by atoms with Gasteiger partial charge in [-0.25, -0.2) is 4.39 Å². The number of halogens is 1. The lowest BCUT2D eigenvalue weighted by Crippen LogP contribution is -2.17. The Morgan fingerprint density at radius 2 is 2.21 bits per heavy atom. The lowest BCUT2D eigenvalue weighted by atomic mass is 10.2. The van der Waals surface area contributed by atoms with Crippen molar-refractivity contribution in [1.82, 2.24) is 0 Å². The van der Waals surface area contributed by atoms with Crippen LogP contribution in [0.5, 0.6) is 0 Å². The molecule has 0 spiro atoms. The van der Waals surface area contributed by atoms with Crippen molar-refractivity contribution in [2.24, 2.45) is 0 Å². The Bertz CT molecular complexity index is 468. The van der Waals surface area contributed by atoms with E-state index in [1.54, 1.807) is 0 Å². The van der Waals surface area contributed by atoms with Gasteiger partial charge in [-0.3, -0.25) is 9.00 Å². The molecule has 0 bridgehead atoms. The molecule has 0 fully saturated rings. The van der Waals surface area contributed by atoms with Crippen LogP contribution in [0.15, 0.2) is 18.2 Å². The van der Waals surface area contributed by atoms with Gasteiger partial charge in [-0.05, 0) is 18.2 Å². The SMILES string of the molecule is COCCS(=O)CCC(=O)Nc1cc(N)ccc1F. The van der Waals surface area contributed by atoms with Crippen LogP contribution >= 0.6 is 0 Å². The molecule has 0 aromatic heterocycles. The molecule has 0 radical (unpaired) electrons. The highest BCUT2D eigenvalue weighted by atomic mass is 32.2. The van der Waals surface area contributed by atoms with Gasteiger partial charge in [0, 0.05) is 41.5 Å². The minimum Gasteiger partial charge on any atom is -0.399 e. The lowest BCUT2D eigenvalue weighted by molar-refractivity contribution is -0.115. The number of nitrogens with two attached hydrogens (primary N) is 1. The Hall–Kier alpha value is -1.47. The van der Waals surface area contributed by atoms with E-state index in [0.29, 0.717) is 18.0 Å². The highest BCUT2D eigenvalue weighted by molar-refractivity contribution is 7.85. The number of hydrogen-bond donors (Lipinski definition) is 2. The molecule has 3 N–H and O–H groups in total. The smallest absolute Gasteiger partial charge is 0.225 e. The zero-order valence-corrected chi connectivity index (χ0v) is 11.5. The van der Waals surface area contributed by atoms with E-state index < -0.39 is 22.5 Å². The number of anilines is 2. The molecule has 1 amide bonds. The van der Waals surface area contributed by atoms with Crippen LogP contribution in [0.4, 0.5) is 15.8 Å². The first-order valence-electron chi connectivity index (χ1n) is 5.71. The summed E-state index contributed by atoms with van der Waals surface area (Å²) in [6.07, 6.45) is 0.0601. The summed E-state index contributed by atoms with van der Waals surface area (Å²) in [5.74, 6) is -0.339. The van der Waals surface area contributed by atoms with Gasteiger partial charge in [0.1, 0.15) is 5.82 Å². The molecule has 1 aromatic rings. The second kappa shape index (κ2) is 7.85. The van der Waals surface area contributed by atoms with E-state index in [9.17, 15) is 13.4 Å². The molecule has 5 nitrogen and oxygen atoms in total. The van der Waals surface area contributed by atoms with Crippen molar-refractivity contribution in [2.75, 3.05) is 36.3 Å². The van der Waals surface area contributed by atoms with Gasteiger partial charge >= 0.3 is 0 Å². The van der Waals surface area contributed by atoms with Crippen LogP contribution in [0.25, 0.3) is 0 Å². The van der Waals surface area contributed by atoms with Gasteiger partial charge in [0.15, 0.2) is 0 Å². The maximum atomic E-state index is 13.3. The molecular formula is C12H17FN2O3S. The van der Waals surface area contributed by atoms with Crippen molar-refractivity contribution in [3.05, 3.63) is 24.0 Å². The molecule has 0 heterocycles. The van der Waals surface area contributed by atoms with E-state index in [1.807, 2.05) is 0 Å². The van der Waals surface area contributed by atoms with Crippen LogP contribution in [-0.2, 0) is 20.3 Å². The molecule has 0 saturated carbocycles. The topological polar surface area (TPSA) is 81.4 Å². The molecule has 0 saturated heterocycles. The molecule has 0 aliphatic heterocycles. The first-order valence-corrected chi connectivity index (χ1v) is 7.20. The third-order valence-corrected chi connectivity index (χ3v) is 3.62. The minimum atomic E-state index is -1.11. The molecule has 106 valence electrons. The fourth-order valence-electron chi connectivity index (χ4n) is 1.34.